The van der Waals surface area contributed by atoms with Crippen LogP contribution in [0.2, 0.25) is 0 Å². The van der Waals surface area contributed by atoms with Gasteiger partial charge < -0.3 is 5.73 Å². The lowest BCUT2D eigenvalue weighted by Gasteiger charge is -2.03. The SMILES string of the molecule is NCC#Cc1cnc(NC(=O)c2cc(F)c(F)c(F)c2)s1. The predicted molar refractivity (Wildman–Crippen MR) is 72.3 cm³/mol. The van der Waals surface area contributed by atoms with E-state index in [1.165, 1.54) is 6.20 Å². The molecule has 0 saturated carbocycles. The molecule has 2 aromatic rings. The number of hydrogen-bond acceptors (Lipinski definition) is 4. The van der Waals surface area contributed by atoms with Gasteiger partial charge in [-0.1, -0.05) is 23.2 Å². The van der Waals surface area contributed by atoms with Gasteiger partial charge in [-0.3, -0.25) is 10.1 Å². The van der Waals surface area contributed by atoms with Crippen molar-refractivity contribution < 1.29 is 18.0 Å². The number of rotatable bonds is 2. The molecule has 1 aromatic carbocycles. The molecule has 0 saturated heterocycles. The minimum Gasteiger partial charge on any atom is -0.320 e. The number of thiazole rings is 1. The van der Waals surface area contributed by atoms with Crippen LogP contribution in [0.3, 0.4) is 0 Å². The van der Waals surface area contributed by atoms with Crippen molar-refractivity contribution in [3.63, 3.8) is 0 Å². The molecule has 1 aromatic heterocycles. The van der Waals surface area contributed by atoms with E-state index >= 15 is 0 Å². The fourth-order valence-corrected chi connectivity index (χ4v) is 2.07. The van der Waals surface area contributed by atoms with Gasteiger partial charge in [0.05, 0.1) is 17.6 Å². The zero-order valence-corrected chi connectivity index (χ0v) is 11.2. The van der Waals surface area contributed by atoms with E-state index in [2.05, 4.69) is 22.1 Å². The molecule has 21 heavy (non-hydrogen) atoms. The fourth-order valence-electron chi connectivity index (χ4n) is 1.38. The number of benzene rings is 1. The van der Waals surface area contributed by atoms with Gasteiger partial charge >= 0.3 is 0 Å². The molecule has 0 aliphatic heterocycles. The van der Waals surface area contributed by atoms with Crippen molar-refractivity contribution in [2.24, 2.45) is 5.73 Å². The van der Waals surface area contributed by atoms with E-state index in [0.29, 0.717) is 17.0 Å². The van der Waals surface area contributed by atoms with Crippen LogP contribution in [-0.4, -0.2) is 17.4 Å². The lowest BCUT2D eigenvalue weighted by atomic mass is 10.2. The number of carbonyl (C=O) groups is 1. The third-order valence-electron chi connectivity index (χ3n) is 2.29. The van der Waals surface area contributed by atoms with Crippen molar-refractivity contribution in [1.82, 2.24) is 4.98 Å². The van der Waals surface area contributed by atoms with Crippen molar-refractivity contribution >= 4 is 22.4 Å². The Morgan fingerprint density at radius 3 is 2.62 bits per heavy atom. The molecule has 1 heterocycles. The molecule has 0 spiro atoms. The van der Waals surface area contributed by atoms with Crippen molar-refractivity contribution in [2.45, 2.75) is 0 Å². The molecule has 0 radical (unpaired) electrons. The van der Waals surface area contributed by atoms with Crippen LogP contribution in [0.25, 0.3) is 0 Å². The number of nitrogens with one attached hydrogen (secondary N) is 1. The summed E-state index contributed by atoms with van der Waals surface area (Å²) in [6.45, 7) is 0.188. The van der Waals surface area contributed by atoms with E-state index in [1.807, 2.05) is 0 Å². The molecule has 0 unspecified atom stereocenters. The largest absolute Gasteiger partial charge is 0.320 e. The summed E-state index contributed by atoms with van der Waals surface area (Å²) in [5.74, 6) is 0.0397. The van der Waals surface area contributed by atoms with E-state index in [-0.39, 0.29) is 17.2 Å². The molecule has 0 atom stereocenters. The first kappa shape index (κ1) is 15.0. The number of hydrogen-bond donors (Lipinski definition) is 2. The van der Waals surface area contributed by atoms with Crippen LogP contribution in [0, 0.1) is 29.3 Å². The Morgan fingerprint density at radius 2 is 2.00 bits per heavy atom. The van der Waals surface area contributed by atoms with Crippen molar-refractivity contribution in [3.8, 4) is 11.8 Å². The molecule has 4 nitrogen and oxygen atoms in total. The summed E-state index contributed by atoms with van der Waals surface area (Å²) in [5, 5.41) is 2.54. The van der Waals surface area contributed by atoms with Crippen LogP contribution in [-0.2, 0) is 0 Å². The average molecular weight is 311 g/mol. The van der Waals surface area contributed by atoms with Gasteiger partial charge in [0.25, 0.3) is 5.91 Å². The first-order chi connectivity index (χ1) is 10.0. The summed E-state index contributed by atoms with van der Waals surface area (Å²) in [7, 11) is 0. The number of amides is 1. The predicted octanol–water partition coefficient (Wildman–Crippen LogP) is 2.12. The monoisotopic (exact) mass is 311 g/mol. The zero-order valence-electron chi connectivity index (χ0n) is 10.4. The number of nitrogens with zero attached hydrogens (tertiary/aromatic N) is 1. The summed E-state index contributed by atoms with van der Waals surface area (Å²) in [6, 6.07) is 1.22. The normalized spacial score (nSPS) is 9.90. The number of aromatic nitrogens is 1. The van der Waals surface area contributed by atoms with Crippen molar-refractivity contribution in [3.05, 3.63) is 46.2 Å². The highest BCUT2D eigenvalue weighted by Crippen LogP contribution is 2.19. The van der Waals surface area contributed by atoms with E-state index in [4.69, 9.17) is 5.73 Å². The topological polar surface area (TPSA) is 68.0 Å². The number of carbonyl (C=O) groups excluding carboxylic acids is 1. The van der Waals surface area contributed by atoms with Gasteiger partial charge in [0.2, 0.25) is 0 Å². The molecule has 3 N–H and O–H groups in total. The maximum atomic E-state index is 13.0. The lowest BCUT2D eigenvalue weighted by molar-refractivity contribution is 0.102. The standard InChI is InChI=1S/C13H8F3N3OS/c14-9-4-7(5-10(15)11(9)16)12(20)19-13-18-6-8(21-13)2-1-3-17/h4-6H,3,17H2,(H,18,19,20). The molecular formula is C13H8F3N3OS. The Labute approximate surface area is 121 Å². The van der Waals surface area contributed by atoms with Crippen LogP contribution in [0.4, 0.5) is 18.3 Å². The number of nitrogens with two attached hydrogens (primary N) is 1. The summed E-state index contributed by atoms with van der Waals surface area (Å²) in [6.07, 6.45) is 1.43. The first-order valence-electron chi connectivity index (χ1n) is 5.62. The molecule has 1 amide bonds. The summed E-state index contributed by atoms with van der Waals surface area (Å²) in [5.41, 5.74) is 4.87. The van der Waals surface area contributed by atoms with Crippen LogP contribution in [0.1, 0.15) is 15.2 Å². The Hall–Kier alpha value is -2.37. The van der Waals surface area contributed by atoms with E-state index < -0.39 is 23.4 Å². The third kappa shape index (κ3) is 3.59. The van der Waals surface area contributed by atoms with Gasteiger partial charge in [0, 0.05) is 5.56 Å². The van der Waals surface area contributed by atoms with Gasteiger partial charge in [-0.25, -0.2) is 18.2 Å². The van der Waals surface area contributed by atoms with E-state index in [0.717, 1.165) is 11.3 Å². The van der Waals surface area contributed by atoms with E-state index in [9.17, 15) is 18.0 Å². The second-order valence-corrected chi connectivity index (χ2v) is 4.77. The summed E-state index contributed by atoms with van der Waals surface area (Å²) >= 11 is 1.07. The van der Waals surface area contributed by atoms with Crippen LogP contribution in [0.15, 0.2) is 18.3 Å². The van der Waals surface area contributed by atoms with Crippen LogP contribution < -0.4 is 11.1 Å². The molecule has 0 aliphatic rings. The quantitative estimate of drug-likeness (QED) is 0.659. The van der Waals surface area contributed by atoms with Gasteiger partial charge in [-0.2, -0.15) is 0 Å². The Bertz CT molecular complexity index is 726. The molecule has 8 heteroatoms. The minimum atomic E-state index is -1.62. The van der Waals surface area contributed by atoms with Gasteiger partial charge in [0.15, 0.2) is 22.6 Å². The molecule has 2 rings (SSSR count). The van der Waals surface area contributed by atoms with Gasteiger partial charge in [-0.15, -0.1) is 0 Å². The van der Waals surface area contributed by atoms with Gasteiger partial charge in [-0.05, 0) is 12.1 Å². The zero-order chi connectivity index (χ0) is 15.4. The van der Waals surface area contributed by atoms with Crippen LogP contribution >= 0.6 is 11.3 Å². The summed E-state index contributed by atoms with van der Waals surface area (Å²) < 4.78 is 38.9. The second-order valence-electron chi connectivity index (χ2n) is 3.74. The summed E-state index contributed by atoms with van der Waals surface area (Å²) in [4.78, 5) is 16.3. The Balaban J connectivity index is 2.16. The smallest absolute Gasteiger partial charge is 0.257 e. The first-order valence-corrected chi connectivity index (χ1v) is 6.43. The minimum absolute atomic E-state index is 0.188. The maximum absolute atomic E-state index is 13.0. The highest BCUT2D eigenvalue weighted by Gasteiger charge is 2.16. The lowest BCUT2D eigenvalue weighted by Crippen LogP contribution is -2.13. The molecule has 0 bridgehead atoms. The Morgan fingerprint density at radius 1 is 1.33 bits per heavy atom. The average Bonchev–Trinajstić information content (AvgIpc) is 2.89. The maximum Gasteiger partial charge on any atom is 0.257 e. The van der Waals surface area contributed by atoms with E-state index in [1.54, 1.807) is 0 Å². The number of halogens is 3. The van der Waals surface area contributed by atoms with Gasteiger partial charge in [0.1, 0.15) is 0 Å². The number of anilines is 1. The highest BCUT2D eigenvalue weighted by atomic mass is 32.1. The Kier molecular flexibility index (Phi) is 4.57. The fraction of sp³-hybridized carbons (Fsp3) is 0.0769. The molecule has 108 valence electrons. The van der Waals surface area contributed by atoms with Crippen molar-refractivity contribution in [2.75, 3.05) is 11.9 Å². The second kappa shape index (κ2) is 6.39. The third-order valence-corrected chi connectivity index (χ3v) is 3.11. The van der Waals surface area contributed by atoms with Crippen molar-refractivity contribution in [1.29, 1.82) is 0 Å². The molecule has 0 fully saturated rings. The highest BCUT2D eigenvalue weighted by molar-refractivity contribution is 7.16. The van der Waals surface area contributed by atoms with Crippen LogP contribution in [0.5, 0.6) is 0 Å². The molecular weight excluding hydrogens is 303 g/mol. The molecule has 0 aliphatic carbocycles.